The number of alkyl halides is 3. The van der Waals surface area contributed by atoms with Crippen LogP contribution in [0.25, 0.3) is 11.1 Å². The van der Waals surface area contributed by atoms with E-state index in [1.54, 1.807) is 13.0 Å². The number of hydrogen-bond donors (Lipinski definition) is 1. The van der Waals surface area contributed by atoms with Gasteiger partial charge in [0.05, 0.1) is 17.6 Å². The number of nitrogens with one attached hydrogen (secondary N) is 1. The van der Waals surface area contributed by atoms with Crippen LogP contribution >= 0.6 is 0 Å². The molecule has 0 saturated heterocycles. The van der Waals surface area contributed by atoms with Crippen LogP contribution in [-0.4, -0.2) is 25.3 Å². The van der Waals surface area contributed by atoms with Crippen molar-refractivity contribution in [3.8, 4) is 29.2 Å². The summed E-state index contributed by atoms with van der Waals surface area (Å²) in [6.45, 7) is 1.17. The molecule has 0 aliphatic carbocycles. The van der Waals surface area contributed by atoms with Gasteiger partial charge in [0.15, 0.2) is 11.5 Å². The van der Waals surface area contributed by atoms with Crippen LogP contribution in [0.3, 0.4) is 0 Å². The highest BCUT2D eigenvalue weighted by atomic mass is 32.2. The fraction of sp³-hybridized carbons (Fsp3) is 0.190. The van der Waals surface area contributed by atoms with Gasteiger partial charge in [-0.25, -0.2) is 13.1 Å². The number of nitrogens with zero attached hydrogens (tertiary/aromatic N) is 2. The summed E-state index contributed by atoms with van der Waals surface area (Å²) in [5.41, 5.74) is -0.900. The monoisotopic (exact) mass is 449 g/mol. The van der Waals surface area contributed by atoms with Gasteiger partial charge < -0.3 is 4.74 Å². The molecule has 0 atom stereocenters. The van der Waals surface area contributed by atoms with E-state index in [0.29, 0.717) is 16.0 Å². The summed E-state index contributed by atoms with van der Waals surface area (Å²) in [6.07, 6.45) is 0.374. The van der Waals surface area contributed by atoms with Crippen molar-refractivity contribution in [3.05, 3.63) is 59.8 Å². The van der Waals surface area contributed by atoms with Crippen molar-refractivity contribution in [3.63, 3.8) is 0 Å². The molecule has 0 amide bonds. The quantitative estimate of drug-likeness (QED) is 0.569. The molecule has 1 heterocycles. The van der Waals surface area contributed by atoms with Crippen molar-refractivity contribution < 1.29 is 26.3 Å². The predicted molar refractivity (Wildman–Crippen MR) is 110 cm³/mol. The van der Waals surface area contributed by atoms with Crippen LogP contribution in [0.2, 0.25) is 0 Å². The van der Waals surface area contributed by atoms with Crippen LogP contribution in [-0.2, 0) is 22.7 Å². The fourth-order valence-corrected chi connectivity index (χ4v) is 4.15. The summed E-state index contributed by atoms with van der Waals surface area (Å²) in [4.78, 5) is -0.119. The zero-order chi connectivity index (χ0) is 22.8. The molecule has 6 nitrogen and oxygen atoms in total. The Morgan fingerprint density at radius 3 is 2.42 bits per heavy atom. The average Bonchev–Trinajstić information content (AvgIpc) is 3.06. The Balaban J connectivity index is 2.26. The number of ether oxygens (including phenoxy) is 1. The van der Waals surface area contributed by atoms with E-state index in [1.807, 2.05) is 0 Å². The van der Waals surface area contributed by atoms with Gasteiger partial charge in [-0.2, -0.15) is 18.3 Å². The maximum absolute atomic E-state index is 14.0. The number of aryl methyl sites for hydroxylation is 1. The molecule has 2 aromatic carbocycles. The van der Waals surface area contributed by atoms with Crippen LogP contribution < -0.4 is 9.46 Å². The maximum atomic E-state index is 14.0. The first-order valence-electron chi connectivity index (χ1n) is 8.93. The van der Waals surface area contributed by atoms with Gasteiger partial charge >= 0.3 is 6.18 Å². The molecule has 0 unspecified atom stereocenters. The molecule has 0 spiro atoms. The van der Waals surface area contributed by atoms with Crippen molar-refractivity contribution in [1.29, 1.82) is 0 Å². The first-order valence-corrected chi connectivity index (χ1v) is 10.4. The lowest BCUT2D eigenvalue weighted by Crippen LogP contribution is -2.15. The van der Waals surface area contributed by atoms with Gasteiger partial charge in [0.1, 0.15) is 12.3 Å². The zero-order valence-electron chi connectivity index (χ0n) is 16.6. The number of benzene rings is 2. The molecule has 1 aromatic heterocycles. The van der Waals surface area contributed by atoms with Crippen molar-refractivity contribution in [2.75, 3.05) is 11.8 Å². The Morgan fingerprint density at radius 1 is 1.19 bits per heavy atom. The van der Waals surface area contributed by atoms with Gasteiger partial charge in [-0.1, -0.05) is 30.2 Å². The molecule has 10 heteroatoms. The molecule has 3 rings (SSSR count). The van der Waals surface area contributed by atoms with Crippen molar-refractivity contribution in [2.24, 2.45) is 0 Å². The number of methoxy groups -OCH3 is 1. The maximum Gasteiger partial charge on any atom is 0.433 e. The highest BCUT2D eigenvalue weighted by Gasteiger charge is 2.41. The Labute approximate surface area is 177 Å². The Kier molecular flexibility index (Phi) is 5.99. The SMILES string of the molecule is C#CCn1nc(NS(=O)(=O)c2ccccc2)c(-c2ccc(OC)c(C)c2)c1C(F)(F)F. The second-order valence-corrected chi connectivity index (χ2v) is 8.22. The van der Waals surface area contributed by atoms with Crippen LogP contribution in [0.1, 0.15) is 11.3 Å². The van der Waals surface area contributed by atoms with E-state index in [4.69, 9.17) is 11.2 Å². The number of halogens is 3. The number of terminal acetylenes is 1. The summed E-state index contributed by atoms with van der Waals surface area (Å²) in [7, 11) is -2.76. The molecule has 0 fully saturated rings. The summed E-state index contributed by atoms with van der Waals surface area (Å²) < 4.78 is 75.5. The van der Waals surface area contributed by atoms with Gasteiger partial charge in [-0.05, 0) is 42.3 Å². The van der Waals surface area contributed by atoms with Gasteiger partial charge in [-0.3, -0.25) is 4.72 Å². The Hall–Kier alpha value is -3.45. The number of sulfonamides is 1. The molecule has 3 aromatic rings. The van der Waals surface area contributed by atoms with E-state index in [2.05, 4.69) is 15.7 Å². The second-order valence-electron chi connectivity index (χ2n) is 6.53. The van der Waals surface area contributed by atoms with E-state index >= 15 is 0 Å². The van der Waals surface area contributed by atoms with Gasteiger partial charge in [0.25, 0.3) is 10.0 Å². The molecule has 0 bridgehead atoms. The average molecular weight is 449 g/mol. The van der Waals surface area contributed by atoms with Crippen LogP contribution in [0.4, 0.5) is 19.0 Å². The van der Waals surface area contributed by atoms with E-state index in [0.717, 1.165) is 0 Å². The minimum atomic E-state index is -4.84. The lowest BCUT2D eigenvalue weighted by molar-refractivity contribution is -0.143. The molecular weight excluding hydrogens is 431 g/mol. The third-order valence-electron chi connectivity index (χ3n) is 4.43. The summed E-state index contributed by atoms with van der Waals surface area (Å²) in [6, 6.07) is 11.6. The molecule has 31 heavy (non-hydrogen) atoms. The summed E-state index contributed by atoms with van der Waals surface area (Å²) in [5, 5.41) is 3.86. The molecule has 0 aliphatic heterocycles. The van der Waals surface area contributed by atoms with E-state index in [1.165, 1.54) is 49.6 Å². The lowest BCUT2D eigenvalue weighted by Gasteiger charge is -2.13. The van der Waals surface area contributed by atoms with Crippen LogP contribution in [0.15, 0.2) is 53.4 Å². The molecule has 0 radical (unpaired) electrons. The van der Waals surface area contributed by atoms with Crippen molar-refractivity contribution in [2.45, 2.75) is 24.5 Å². The molecule has 162 valence electrons. The number of hydrogen-bond acceptors (Lipinski definition) is 4. The number of aromatic nitrogens is 2. The molecule has 0 saturated carbocycles. The van der Waals surface area contributed by atoms with Gasteiger partial charge in [0.2, 0.25) is 0 Å². The van der Waals surface area contributed by atoms with E-state index in [9.17, 15) is 21.6 Å². The van der Waals surface area contributed by atoms with E-state index in [-0.39, 0.29) is 10.5 Å². The number of rotatable bonds is 6. The topological polar surface area (TPSA) is 73.2 Å². The van der Waals surface area contributed by atoms with E-state index < -0.39 is 39.8 Å². The third-order valence-corrected chi connectivity index (χ3v) is 5.78. The van der Waals surface area contributed by atoms with Crippen molar-refractivity contribution in [1.82, 2.24) is 9.78 Å². The minimum Gasteiger partial charge on any atom is -0.496 e. The predicted octanol–water partition coefficient (Wildman–Crippen LogP) is 4.32. The standard InChI is InChI=1S/C21H18F3N3O3S/c1-4-12-27-19(21(22,23)24)18(15-10-11-17(30-3)14(2)13-15)20(25-27)26-31(28,29)16-8-6-5-7-9-16/h1,5-11,13H,12H2,2-3H3,(H,25,26). The van der Waals surface area contributed by atoms with Crippen LogP contribution in [0.5, 0.6) is 5.75 Å². The Morgan fingerprint density at radius 2 is 1.87 bits per heavy atom. The Bertz CT molecular complexity index is 1240. The first kappa shape index (κ1) is 22.2. The van der Waals surface area contributed by atoms with Crippen LogP contribution in [0, 0.1) is 19.3 Å². The summed E-state index contributed by atoms with van der Waals surface area (Å²) in [5.74, 6) is 2.11. The molecule has 0 aliphatic rings. The smallest absolute Gasteiger partial charge is 0.433 e. The second kappa shape index (κ2) is 8.35. The summed E-state index contributed by atoms with van der Waals surface area (Å²) >= 11 is 0. The van der Waals surface area contributed by atoms with Crippen molar-refractivity contribution >= 4 is 15.8 Å². The normalized spacial score (nSPS) is 11.7. The molecular formula is C21H18F3N3O3S. The zero-order valence-corrected chi connectivity index (χ0v) is 17.4. The minimum absolute atomic E-state index is 0.111. The van der Waals surface area contributed by atoms with Gasteiger partial charge in [0, 0.05) is 0 Å². The highest BCUT2D eigenvalue weighted by molar-refractivity contribution is 7.92. The fourth-order valence-electron chi connectivity index (χ4n) is 3.12. The van der Waals surface area contributed by atoms with Gasteiger partial charge in [-0.15, -0.1) is 6.42 Å². The largest absolute Gasteiger partial charge is 0.496 e. The molecule has 1 N–H and O–H groups in total. The third kappa shape index (κ3) is 4.51. The first-order chi connectivity index (χ1) is 14.6. The highest BCUT2D eigenvalue weighted by Crippen LogP contribution is 2.42. The lowest BCUT2D eigenvalue weighted by atomic mass is 10.0. The number of anilines is 1.